The Bertz CT molecular complexity index is 675. The molecule has 5 heteroatoms. The Labute approximate surface area is 122 Å². The van der Waals surface area contributed by atoms with Crippen molar-refractivity contribution in [2.45, 2.75) is 32.7 Å². The van der Waals surface area contributed by atoms with Gasteiger partial charge in [0.05, 0.1) is 5.69 Å². The number of carbonyl (C=O) groups excluding carboxylic acids is 1. The van der Waals surface area contributed by atoms with Gasteiger partial charge in [0.1, 0.15) is 9.71 Å². The normalized spacial score (nSPS) is 16.4. The van der Waals surface area contributed by atoms with Crippen molar-refractivity contribution in [2.75, 3.05) is 12.8 Å². The third-order valence-corrected chi connectivity index (χ3v) is 5.27. The van der Waals surface area contributed by atoms with Crippen molar-refractivity contribution in [2.24, 2.45) is 5.92 Å². The molecule has 0 saturated heterocycles. The van der Waals surface area contributed by atoms with Gasteiger partial charge in [-0.05, 0) is 44.7 Å². The van der Waals surface area contributed by atoms with Gasteiger partial charge in [-0.2, -0.15) is 0 Å². The lowest BCUT2D eigenvalue weighted by Gasteiger charge is -2.24. The van der Waals surface area contributed by atoms with Gasteiger partial charge in [0, 0.05) is 24.2 Å². The Morgan fingerprint density at radius 1 is 1.50 bits per heavy atom. The third kappa shape index (κ3) is 2.16. The lowest BCUT2D eigenvalue weighted by molar-refractivity contribution is 0.0733. The van der Waals surface area contributed by atoms with Crippen LogP contribution in [0.25, 0.3) is 10.2 Å². The molecule has 1 aliphatic rings. The van der Waals surface area contributed by atoms with E-state index in [4.69, 9.17) is 5.73 Å². The molecule has 1 atom stereocenters. The highest BCUT2D eigenvalue weighted by molar-refractivity contribution is 7.21. The van der Waals surface area contributed by atoms with E-state index in [1.165, 1.54) is 24.2 Å². The molecule has 0 bridgehead atoms. The average Bonchev–Trinajstić information content (AvgIpc) is 3.22. The van der Waals surface area contributed by atoms with Gasteiger partial charge < -0.3 is 10.6 Å². The Kier molecular flexibility index (Phi) is 3.17. The van der Waals surface area contributed by atoms with Crippen LogP contribution in [0.3, 0.4) is 0 Å². The highest BCUT2D eigenvalue weighted by atomic mass is 32.1. The molecule has 1 aliphatic carbocycles. The zero-order valence-electron chi connectivity index (χ0n) is 12.0. The number of amides is 1. The van der Waals surface area contributed by atoms with Gasteiger partial charge >= 0.3 is 0 Å². The van der Waals surface area contributed by atoms with E-state index in [-0.39, 0.29) is 11.9 Å². The Balaban J connectivity index is 1.96. The zero-order chi connectivity index (χ0) is 14.4. The monoisotopic (exact) mass is 289 g/mol. The minimum absolute atomic E-state index is 0.0163. The quantitative estimate of drug-likeness (QED) is 0.944. The second-order valence-corrected chi connectivity index (χ2v) is 6.64. The number of anilines is 1. The van der Waals surface area contributed by atoms with Gasteiger partial charge in [-0.3, -0.25) is 4.79 Å². The van der Waals surface area contributed by atoms with Gasteiger partial charge in [-0.1, -0.05) is 0 Å². The second-order valence-electron chi connectivity index (χ2n) is 5.64. The first-order chi connectivity index (χ1) is 9.49. The van der Waals surface area contributed by atoms with Crippen molar-refractivity contribution in [3.05, 3.63) is 22.7 Å². The van der Waals surface area contributed by atoms with E-state index < -0.39 is 0 Å². The SMILES string of the molecule is Cc1ccc2c(N)c(C(=O)N(C)C(C)C3CC3)sc2n1. The smallest absolute Gasteiger partial charge is 0.266 e. The van der Waals surface area contributed by atoms with Crippen LogP contribution >= 0.6 is 11.3 Å². The van der Waals surface area contributed by atoms with Gasteiger partial charge in [0.25, 0.3) is 5.91 Å². The molecule has 3 rings (SSSR count). The van der Waals surface area contributed by atoms with Crippen LogP contribution in [-0.4, -0.2) is 28.9 Å². The fourth-order valence-corrected chi connectivity index (χ4v) is 3.61. The fourth-order valence-electron chi connectivity index (χ4n) is 2.49. The van der Waals surface area contributed by atoms with Crippen LogP contribution in [-0.2, 0) is 0 Å². The molecule has 106 valence electrons. The van der Waals surface area contributed by atoms with Crippen LogP contribution in [0.15, 0.2) is 12.1 Å². The average molecular weight is 289 g/mol. The molecule has 0 aliphatic heterocycles. The number of thiophene rings is 1. The summed E-state index contributed by atoms with van der Waals surface area (Å²) in [6.45, 7) is 4.06. The standard InChI is InChI=1S/C15H19N3OS/c1-8-4-7-11-12(16)13(20-14(11)17-8)15(19)18(3)9(2)10-5-6-10/h4,7,9-10H,5-6,16H2,1-3H3. The molecule has 0 radical (unpaired) electrons. The van der Waals surface area contributed by atoms with Gasteiger partial charge in [0.2, 0.25) is 0 Å². The molecule has 2 heterocycles. The maximum Gasteiger partial charge on any atom is 0.266 e. The van der Waals surface area contributed by atoms with Crippen molar-refractivity contribution in [1.82, 2.24) is 9.88 Å². The van der Waals surface area contributed by atoms with E-state index in [9.17, 15) is 4.79 Å². The summed E-state index contributed by atoms with van der Waals surface area (Å²) in [6.07, 6.45) is 2.45. The zero-order valence-corrected chi connectivity index (χ0v) is 12.8. The highest BCUT2D eigenvalue weighted by Crippen LogP contribution is 2.37. The van der Waals surface area contributed by atoms with E-state index >= 15 is 0 Å². The Hall–Kier alpha value is -1.62. The molecular formula is C15H19N3OS. The number of pyridine rings is 1. The van der Waals surface area contributed by atoms with Crippen molar-refractivity contribution in [1.29, 1.82) is 0 Å². The Morgan fingerprint density at radius 3 is 2.85 bits per heavy atom. The minimum Gasteiger partial charge on any atom is -0.397 e. The lowest BCUT2D eigenvalue weighted by Crippen LogP contribution is -2.36. The van der Waals surface area contributed by atoms with Crippen LogP contribution in [0.5, 0.6) is 0 Å². The number of fused-ring (bicyclic) bond motifs is 1. The molecule has 4 nitrogen and oxygen atoms in total. The Morgan fingerprint density at radius 2 is 2.20 bits per heavy atom. The number of rotatable bonds is 3. The second kappa shape index (κ2) is 4.74. The van der Waals surface area contributed by atoms with E-state index in [1.807, 2.05) is 31.0 Å². The third-order valence-electron chi connectivity index (χ3n) is 4.16. The summed E-state index contributed by atoms with van der Waals surface area (Å²) in [7, 11) is 1.87. The van der Waals surface area contributed by atoms with Gasteiger partial charge in [0.15, 0.2) is 0 Å². The predicted molar refractivity (Wildman–Crippen MR) is 83.0 cm³/mol. The lowest BCUT2D eigenvalue weighted by atomic mass is 10.2. The van der Waals surface area contributed by atoms with Crippen molar-refractivity contribution >= 4 is 33.1 Å². The number of carbonyl (C=O) groups is 1. The number of nitrogen functional groups attached to an aromatic ring is 1. The maximum absolute atomic E-state index is 12.6. The molecule has 0 spiro atoms. The van der Waals surface area contributed by atoms with Crippen molar-refractivity contribution in [3.63, 3.8) is 0 Å². The molecule has 0 aromatic carbocycles. The van der Waals surface area contributed by atoms with Crippen molar-refractivity contribution < 1.29 is 4.79 Å². The number of aromatic nitrogens is 1. The van der Waals surface area contributed by atoms with Crippen LogP contribution in [0, 0.1) is 12.8 Å². The number of aryl methyl sites for hydroxylation is 1. The summed E-state index contributed by atoms with van der Waals surface area (Å²) < 4.78 is 0. The van der Waals surface area contributed by atoms with Crippen molar-refractivity contribution in [3.8, 4) is 0 Å². The largest absolute Gasteiger partial charge is 0.397 e. The van der Waals surface area contributed by atoms with E-state index in [0.717, 1.165) is 15.9 Å². The summed E-state index contributed by atoms with van der Waals surface area (Å²) in [4.78, 5) is 20.4. The first kappa shape index (κ1) is 13.4. The van der Waals surface area contributed by atoms with Crippen LogP contribution in [0.2, 0.25) is 0 Å². The summed E-state index contributed by atoms with van der Waals surface area (Å²) in [5.41, 5.74) is 7.65. The summed E-state index contributed by atoms with van der Waals surface area (Å²) >= 11 is 1.40. The molecular weight excluding hydrogens is 270 g/mol. The van der Waals surface area contributed by atoms with Gasteiger partial charge in [-0.15, -0.1) is 11.3 Å². The fraction of sp³-hybridized carbons (Fsp3) is 0.467. The molecule has 2 aromatic rings. The summed E-state index contributed by atoms with van der Waals surface area (Å²) in [5, 5.41) is 0.886. The van der Waals surface area contributed by atoms with Crippen LogP contribution in [0.1, 0.15) is 35.1 Å². The van der Waals surface area contributed by atoms with Crippen LogP contribution in [0.4, 0.5) is 5.69 Å². The number of hydrogen-bond acceptors (Lipinski definition) is 4. The number of nitrogens with two attached hydrogens (primary N) is 1. The predicted octanol–water partition coefficient (Wildman–Crippen LogP) is 3.06. The molecule has 2 N–H and O–H groups in total. The van der Waals surface area contributed by atoms with E-state index in [0.29, 0.717) is 16.5 Å². The van der Waals surface area contributed by atoms with E-state index in [1.54, 1.807) is 0 Å². The number of nitrogens with zero attached hydrogens (tertiary/aromatic N) is 2. The highest BCUT2D eigenvalue weighted by Gasteiger charge is 2.33. The molecule has 2 aromatic heterocycles. The molecule has 1 fully saturated rings. The van der Waals surface area contributed by atoms with E-state index in [2.05, 4.69) is 11.9 Å². The topological polar surface area (TPSA) is 59.2 Å². The first-order valence-electron chi connectivity index (χ1n) is 6.92. The number of hydrogen-bond donors (Lipinski definition) is 1. The van der Waals surface area contributed by atoms with Crippen LogP contribution < -0.4 is 5.73 Å². The molecule has 1 saturated carbocycles. The summed E-state index contributed by atoms with van der Waals surface area (Å²) in [6, 6.07) is 4.16. The minimum atomic E-state index is 0.0163. The molecule has 1 amide bonds. The molecule has 20 heavy (non-hydrogen) atoms. The maximum atomic E-state index is 12.6. The summed E-state index contributed by atoms with van der Waals surface area (Å²) in [5.74, 6) is 0.669. The van der Waals surface area contributed by atoms with Gasteiger partial charge in [-0.25, -0.2) is 4.98 Å². The molecule has 1 unspecified atom stereocenters. The first-order valence-corrected chi connectivity index (χ1v) is 7.73.